The molecule has 2 aromatic rings. The number of nitrogens with one attached hydrogen (secondary N) is 1. The van der Waals surface area contributed by atoms with E-state index in [-0.39, 0.29) is 24.4 Å². The number of hydrazine groups is 1. The fraction of sp³-hybridized carbons (Fsp3) is 0.450. The number of amides is 1. The minimum atomic E-state index is -4.47. The van der Waals surface area contributed by atoms with E-state index in [4.69, 9.17) is 0 Å². The maximum absolute atomic E-state index is 13.8. The van der Waals surface area contributed by atoms with Crippen LogP contribution >= 0.6 is 0 Å². The van der Waals surface area contributed by atoms with Crippen LogP contribution in [0.2, 0.25) is 0 Å². The molecule has 0 radical (unpaired) electrons. The molecule has 3 rings (SSSR count). The zero-order valence-corrected chi connectivity index (χ0v) is 14.8. The highest BCUT2D eigenvalue weighted by Crippen LogP contribution is 2.39. The second-order valence-corrected chi connectivity index (χ2v) is 6.78. The largest absolute Gasteiger partial charge is 0.409 e. The lowest BCUT2D eigenvalue weighted by atomic mass is 9.93. The molecule has 1 atom stereocenters. The summed E-state index contributed by atoms with van der Waals surface area (Å²) in [6.07, 6.45) is -0.587. The van der Waals surface area contributed by atoms with E-state index in [2.05, 4.69) is 12.3 Å². The lowest BCUT2D eigenvalue weighted by Crippen LogP contribution is -2.43. The van der Waals surface area contributed by atoms with Gasteiger partial charge in [-0.15, -0.1) is 0 Å². The first kappa shape index (κ1) is 18.7. The Kier molecular flexibility index (Phi) is 5.51. The van der Waals surface area contributed by atoms with Crippen LogP contribution in [0.25, 0.3) is 10.8 Å². The molecule has 1 fully saturated rings. The first-order chi connectivity index (χ1) is 12.4. The quantitative estimate of drug-likeness (QED) is 0.739. The molecule has 0 spiro atoms. The predicted molar refractivity (Wildman–Crippen MR) is 95.4 cm³/mol. The Morgan fingerprint density at radius 1 is 1.19 bits per heavy atom. The number of rotatable bonds is 6. The molecule has 1 saturated heterocycles. The molecule has 1 heterocycles. The molecule has 26 heavy (non-hydrogen) atoms. The highest BCUT2D eigenvalue weighted by Gasteiger charge is 2.47. The first-order valence-corrected chi connectivity index (χ1v) is 9.04. The number of hydrogen-bond donors (Lipinski definition) is 1. The minimum absolute atomic E-state index is 0.0566. The number of nitrogens with zero attached hydrogens (tertiary/aromatic N) is 1. The first-order valence-electron chi connectivity index (χ1n) is 9.04. The number of alkyl halides is 3. The molecule has 2 aromatic carbocycles. The van der Waals surface area contributed by atoms with Crippen molar-refractivity contribution >= 4 is 16.7 Å². The monoisotopic (exact) mass is 364 g/mol. The van der Waals surface area contributed by atoms with Crippen LogP contribution in [-0.4, -0.2) is 23.6 Å². The minimum Gasteiger partial charge on any atom is -0.288 e. The highest BCUT2D eigenvalue weighted by atomic mass is 19.4. The van der Waals surface area contributed by atoms with Crippen molar-refractivity contribution < 1.29 is 18.0 Å². The van der Waals surface area contributed by atoms with E-state index in [1.54, 1.807) is 12.1 Å². The summed E-state index contributed by atoms with van der Waals surface area (Å²) in [6, 6.07) is 8.99. The van der Waals surface area contributed by atoms with Gasteiger partial charge < -0.3 is 0 Å². The van der Waals surface area contributed by atoms with Crippen molar-refractivity contribution in [2.24, 2.45) is 0 Å². The van der Waals surface area contributed by atoms with Crippen LogP contribution in [0.15, 0.2) is 36.4 Å². The molecule has 6 heteroatoms. The van der Waals surface area contributed by atoms with E-state index < -0.39 is 12.2 Å². The molecule has 1 N–H and O–H groups in total. The Bertz CT molecular complexity index is 788. The number of unbranched alkanes of at least 4 members (excludes halogenated alkanes) is 2. The normalized spacial score (nSPS) is 16.8. The van der Waals surface area contributed by atoms with E-state index in [0.717, 1.165) is 47.0 Å². The predicted octanol–water partition coefficient (Wildman–Crippen LogP) is 4.91. The van der Waals surface area contributed by atoms with Crippen LogP contribution in [0.4, 0.5) is 13.2 Å². The van der Waals surface area contributed by atoms with E-state index in [0.29, 0.717) is 0 Å². The summed E-state index contributed by atoms with van der Waals surface area (Å²) in [5.41, 5.74) is 3.47. The topological polar surface area (TPSA) is 32.3 Å². The Balaban J connectivity index is 2.04. The Labute approximate surface area is 151 Å². The third kappa shape index (κ3) is 4.01. The molecule has 1 aliphatic rings. The second-order valence-electron chi connectivity index (χ2n) is 6.78. The van der Waals surface area contributed by atoms with Crippen LogP contribution in [0.1, 0.15) is 49.8 Å². The van der Waals surface area contributed by atoms with Gasteiger partial charge in [-0.25, -0.2) is 5.01 Å². The third-order valence-electron chi connectivity index (χ3n) is 4.81. The van der Waals surface area contributed by atoms with Crippen LogP contribution in [0.3, 0.4) is 0 Å². The number of carbonyl (C=O) groups excluding carboxylic acids is 1. The van der Waals surface area contributed by atoms with Gasteiger partial charge in [0.2, 0.25) is 5.91 Å². The van der Waals surface area contributed by atoms with Crippen molar-refractivity contribution in [2.45, 2.75) is 51.2 Å². The smallest absolute Gasteiger partial charge is 0.288 e. The number of carbonyl (C=O) groups is 1. The van der Waals surface area contributed by atoms with E-state index in [1.165, 1.54) is 0 Å². The lowest BCUT2D eigenvalue weighted by Gasteiger charge is -2.30. The van der Waals surface area contributed by atoms with Gasteiger partial charge in [-0.3, -0.25) is 10.2 Å². The maximum atomic E-state index is 13.8. The number of benzene rings is 2. The molecule has 0 aromatic heterocycles. The van der Waals surface area contributed by atoms with Gasteiger partial charge in [0, 0.05) is 13.0 Å². The third-order valence-corrected chi connectivity index (χ3v) is 4.81. The summed E-state index contributed by atoms with van der Waals surface area (Å²) in [6.45, 7) is 2.16. The molecule has 1 aliphatic heterocycles. The average Bonchev–Trinajstić information content (AvgIpc) is 2.99. The van der Waals surface area contributed by atoms with Crippen LogP contribution < -0.4 is 5.43 Å². The lowest BCUT2D eigenvalue weighted by molar-refractivity contribution is -0.191. The SMILES string of the molecule is CCCCCc1cc([C@H](N2CCC(=O)N2)C(F)(F)F)cc2ccccc12. The molecule has 0 bridgehead atoms. The number of hydrogen-bond acceptors (Lipinski definition) is 2. The molecule has 0 saturated carbocycles. The van der Waals surface area contributed by atoms with E-state index in [9.17, 15) is 18.0 Å². The van der Waals surface area contributed by atoms with Gasteiger partial charge in [-0.1, -0.05) is 50.1 Å². The maximum Gasteiger partial charge on any atom is 0.409 e. The standard InChI is InChI=1S/C20H23F3N2O/c1-2-3-4-7-14-12-16(13-15-8-5-6-9-17(14)15)19(20(21,22)23)25-11-10-18(26)24-25/h5-6,8-9,12-13,19H,2-4,7,10-11H2,1H3,(H,24,26)/t19-/m0/s1. The molecular weight excluding hydrogens is 341 g/mol. The summed E-state index contributed by atoms with van der Waals surface area (Å²) < 4.78 is 41.5. The van der Waals surface area contributed by atoms with Crippen molar-refractivity contribution in [3.63, 3.8) is 0 Å². The zero-order chi connectivity index (χ0) is 18.7. The molecule has 0 aliphatic carbocycles. The van der Waals surface area contributed by atoms with E-state index in [1.807, 2.05) is 24.3 Å². The van der Waals surface area contributed by atoms with Crippen molar-refractivity contribution in [3.05, 3.63) is 47.5 Å². The number of aryl methyl sites for hydroxylation is 1. The fourth-order valence-corrected chi connectivity index (χ4v) is 3.58. The van der Waals surface area contributed by atoms with Gasteiger partial charge in [0.1, 0.15) is 6.04 Å². The summed E-state index contributed by atoms with van der Waals surface area (Å²) in [7, 11) is 0. The van der Waals surface area contributed by atoms with Gasteiger partial charge in [0.05, 0.1) is 0 Å². The summed E-state index contributed by atoms with van der Waals surface area (Å²) in [5, 5.41) is 2.82. The molecular formula is C20H23F3N2O. The zero-order valence-electron chi connectivity index (χ0n) is 14.8. The molecule has 0 unspecified atom stereocenters. The summed E-state index contributed by atoms with van der Waals surface area (Å²) in [4.78, 5) is 11.4. The van der Waals surface area contributed by atoms with Gasteiger partial charge in [0.25, 0.3) is 0 Å². The highest BCUT2D eigenvalue weighted by molar-refractivity contribution is 5.86. The summed E-state index contributed by atoms with van der Waals surface area (Å²) >= 11 is 0. The van der Waals surface area contributed by atoms with Crippen LogP contribution in [0, 0.1) is 0 Å². The molecule has 1 amide bonds. The van der Waals surface area contributed by atoms with Crippen LogP contribution in [0.5, 0.6) is 0 Å². The molecule has 3 nitrogen and oxygen atoms in total. The average molecular weight is 364 g/mol. The number of fused-ring (bicyclic) bond motifs is 1. The molecule has 140 valence electrons. The van der Waals surface area contributed by atoms with Crippen molar-refractivity contribution in [1.29, 1.82) is 0 Å². The Hall–Kier alpha value is -2.08. The summed E-state index contributed by atoms with van der Waals surface area (Å²) in [5.74, 6) is -0.372. The van der Waals surface area contributed by atoms with Crippen molar-refractivity contribution in [3.8, 4) is 0 Å². The second kappa shape index (κ2) is 7.66. The van der Waals surface area contributed by atoms with E-state index >= 15 is 0 Å². The van der Waals surface area contributed by atoms with Crippen molar-refractivity contribution in [2.75, 3.05) is 6.54 Å². The fourth-order valence-electron chi connectivity index (χ4n) is 3.58. The van der Waals surface area contributed by atoms with Gasteiger partial charge in [-0.2, -0.15) is 13.2 Å². The van der Waals surface area contributed by atoms with Crippen LogP contribution in [-0.2, 0) is 11.2 Å². The van der Waals surface area contributed by atoms with Crippen molar-refractivity contribution in [1.82, 2.24) is 10.4 Å². The van der Waals surface area contributed by atoms with Gasteiger partial charge in [-0.05, 0) is 40.8 Å². The van der Waals surface area contributed by atoms with Gasteiger partial charge >= 0.3 is 6.18 Å². The van der Waals surface area contributed by atoms with Gasteiger partial charge in [0.15, 0.2) is 0 Å². The number of halogens is 3. The Morgan fingerprint density at radius 2 is 1.96 bits per heavy atom. The Morgan fingerprint density at radius 3 is 2.62 bits per heavy atom.